The van der Waals surface area contributed by atoms with Gasteiger partial charge in [-0.1, -0.05) is 29.8 Å². The number of ether oxygens (including phenoxy) is 1. The van der Waals surface area contributed by atoms with Crippen LogP contribution in [0.15, 0.2) is 60.8 Å². The lowest BCUT2D eigenvalue weighted by atomic mass is 10.1. The van der Waals surface area contributed by atoms with E-state index in [0.717, 1.165) is 11.1 Å². The minimum absolute atomic E-state index is 0.0946. The van der Waals surface area contributed by atoms with Gasteiger partial charge in [0, 0.05) is 23.0 Å². The number of nitrogens with one attached hydrogen (secondary N) is 2. The van der Waals surface area contributed by atoms with Crippen molar-refractivity contribution in [1.82, 2.24) is 10.3 Å². The topological polar surface area (TPSA) is 101 Å². The fourth-order valence-corrected chi connectivity index (χ4v) is 2.85. The molecule has 8 heteroatoms. The Hall–Kier alpha value is -3.58. The number of hydrogen-bond donors (Lipinski definition) is 3. The monoisotopic (exact) mass is 425 g/mol. The van der Waals surface area contributed by atoms with E-state index in [1.807, 2.05) is 32.0 Å². The highest BCUT2D eigenvalue weighted by atomic mass is 35.5. The van der Waals surface area contributed by atoms with Crippen LogP contribution in [0.25, 0.3) is 0 Å². The van der Waals surface area contributed by atoms with E-state index in [2.05, 4.69) is 15.6 Å². The predicted molar refractivity (Wildman–Crippen MR) is 114 cm³/mol. The molecule has 0 aliphatic carbocycles. The SMILES string of the molecule is Cc1ccc(NC(=O)NC(C)c2ccc(Oc3ccnc(C(=O)O)c3)cc2)cc1Cl. The van der Waals surface area contributed by atoms with Gasteiger partial charge in [-0.25, -0.2) is 14.6 Å². The van der Waals surface area contributed by atoms with Crippen LogP contribution in [0, 0.1) is 6.92 Å². The third kappa shape index (κ3) is 5.48. The van der Waals surface area contributed by atoms with Crippen molar-refractivity contribution in [2.45, 2.75) is 19.9 Å². The van der Waals surface area contributed by atoms with Gasteiger partial charge in [0.25, 0.3) is 0 Å². The van der Waals surface area contributed by atoms with Crippen molar-refractivity contribution in [2.75, 3.05) is 5.32 Å². The number of carbonyl (C=O) groups is 2. The van der Waals surface area contributed by atoms with Gasteiger partial charge < -0.3 is 20.5 Å². The van der Waals surface area contributed by atoms with E-state index in [-0.39, 0.29) is 17.8 Å². The minimum atomic E-state index is -1.12. The van der Waals surface area contributed by atoms with Crippen LogP contribution in [0.3, 0.4) is 0 Å². The molecule has 7 nitrogen and oxygen atoms in total. The fraction of sp³-hybridized carbons (Fsp3) is 0.136. The summed E-state index contributed by atoms with van der Waals surface area (Å²) < 4.78 is 5.67. The molecular formula is C22H20ClN3O4. The number of carbonyl (C=O) groups excluding carboxylic acids is 1. The average molecular weight is 426 g/mol. The highest BCUT2D eigenvalue weighted by Gasteiger charge is 2.11. The Morgan fingerprint density at radius 1 is 1.07 bits per heavy atom. The second kappa shape index (κ2) is 9.28. The first-order chi connectivity index (χ1) is 14.3. The number of halogens is 1. The number of nitrogens with zero attached hydrogens (tertiary/aromatic N) is 1. The van der Waals surface area contributed by atoms with Crippen LogP contribution in [0.1, 0.15) is 34.6 Å². The highest BCUT2D eigenvalue weighted by molar-refractivity contribution is 6.31. The number of aromatic carboxylic acids is 1. The molecule has 154 valence electrons. The number of amides is 2. The van der Waals surface area contributed by atoms with Gasteiger partial charge in [0.15, 0.2) is 5.69 Å². The van der Waals surface area contributed by atoms with Crippen LogP contribution in [0.4, 0.5) is 10.5 Å². The highest BCUT2D eigenvalue weighted by Crippen LogP contribution is 2.24. The molecule has 0 saturated carbocycles. The molecule has 2 amide bonds. The molecule has 1 atom stereocenters. The number of benzene rings is 2. The molecule has 2 aromatic carbocycles. The second-order valence-corrected chi connectivity index (χ2v) is 7.04. The molecule has 30 heavy (non-hydrogen) atoms. The molecule has 1 heterocycles. The van der Waals surface area contributed by atoms with Crippen LogP contribution in [-0.4, -0.2) is 22.1 Å². The summed E-state index contributed by atoms with van der Waals surface area (Å²) >= 11 is 6.08. The van der Waals surface area contributed by atoms with Crippen molar-refractivity contribution in [3.8, 4) is 11.5 Å². The van der Waals surface area contributed by atoms with Gasteiger partial charge in [-0.15, -0.1) is 0 Å². The first-order valence-electron chi connectivity index (χ1n) is 9.12. The lowest BCUT2D eigenvalue weighted by molar-refractivity contribution is 0.0690. The molecule has 1 unspecified atom stereocenters. The molecule has 0 aliphatic rings. The summed E-state index contributed by atoms with van der Waals surface area (Å²) in [5.74, 6) is -0.216. The molecule has 0 fully saturated rings. The zero-order chi connectivity index (χ0) is 21.7. The first-order valence-corrected chi connectivity index (χ1v) is 9.50. The number of aryl methyl sites for hydroxylation is 1. The number of aromatic nitrogens is 1. The van der Waals surface area contributed by atoms with E-state index in [1.54, 1.807) is 30.3 Å². The fourth-order valence-electron chi connectivity index (χ4n) is 2.67. The Bertz CT molecular complexity index is 1070. The standard InChI is InChI=1S/C22H20ClN3O4/c1-13-3-6-16(11-19(13)23)26-22(29)25-14(2)15-4-7-17(8-5-15)30-18-9-10-24-20(12-18)21(27)28/h3-12,14H,1-2H3,(H,27,28)(H2,25,26,29). The summed E-state index contributed by atoms with van der Waals surface area (Å²) in [6.45, 7) is 3.75. The van der Waals surface area contributed by atoms with Gasteiger partial charge in [-0.05, 0) is 55.3 Å². The third-order valence-electron chi connectivity index (χ3n) is 4.34. The van der Waals surface area contributed by atoms with Gasteiger partial charge in [-0.2, -0.15) is 0 Å². The molecule has 3 N–H and O–H groups in total. The van der Waals surface area contributed by atoms with Crippen molar-refractivity contribution in [1.29, 1.82) is 0 Å². The lowest BCUT2D eigenvalue weighted by Crippen LogP contribution is -2.31. The van der Waals surface area contributed by atoms with Crippen molar-refractivity contribution in [2.24, 2.45) is 0 Å². The van der Waals surface area contributed by atoms with Crippen LogP contribution in [0.2, 0.25) is 5.02 Å². The largest absolute Gasteiger partial charge is 0.477 e. The van der Waals surface area contributed by atoms with Crippen LogP contribution in [0.5, 0.6) is 11.5 Å². The molecule has 0 spiro atoms. The Balaban J connectivity index is 1.59. The van der Waals surface area contributed by atoms with Crippen molar-refractivity contribution in [3.63, 3.8) is 0 Å². The van der Waals surface area contributed by atoms with Crippen LogP contribution < -0.4 is 15.4 Å². The van der Waals surface area contributed by atoms with Crippen LogP contribution in [-0.2, 0) is 0 Å². The summed E-state index contributed by atoms with van der Waals surface area (Å²) in [6, 6.07) is 14.8. The molecule has 3 aromatic rings. The summed E-state index contributed by atoms with van der Waals surface area (Å²) in [6.07, 6.45) is 1.37. The van der Waals surface area contributed by atoms with Crippen molar-refractivity contribution >= 4 is 29.3 Å². The number of hydrogen-bond acceptors (Lipinski definition) is 4. The summed E-state index contributed by atoms with van der Waals surface area (Å²) in [5, 5.41) is 15.2. The predicted octanol–water partition coefficient (Wildman–Crippen LogP) is 5.42. The van der Waals surface area contributed by atoms with E-state index < -0.39 is 5.97 Å². The maximum absolute atomic E-state index is 12.2. The third-order valence-corrected chi connectivity index (χ3v) is 4.75. The maximum Gasteiger partial charge on any atom is 0.354 e. The number of anilines is 1. The minimum Gasteiger partial charge on any atom is -0.477 e. The molecule has 3 rings (SSSR count). The quantitative estimate of drug-likeness (QED) is 0.489. The second-order valence-electron chi connectivity index (χ2n) is 6.64. The normalized spacial score (nSPS) is 11.4. The van der Waals surface area contributed by atoms with Gasteiger partial charge in [-0.3, -0.25) is 0 Å². The van der Waals surface area contributed by atoms with E-state index in [0.29, 0.717) is 22.2 Å². The first kappa shape index (κ1) is 21.1. The zero-order valence-electron chi connectivity index (χ0n) is 16.3. The zero-order valence-corrected chi connectivity index (χ0v) is 17.1. The lowest BCUT2D eigenvalue weighted by Gasteiger charge is -2.16. The van der Waals surface area contributed by atoms with Crippen molar-refractivity contribution in [3.05, 3.63) is 82.6 Å². The summed E-state index contributed by atoms with van der Waals surface area (Å²) in [4.78, 5) is 27.0. The summed E-state index contributed by atoms with van der Waals surface area (Å²) in [7, 11) is 0. The Morgan fingerprint density at radius 2 is 1.80 bits per heavy atom. The van der Waals surface area contributed by atoms with E-state index in [4.69, 9.17) is 21.4 Å². The molecule has 0 bridgehead atoms. The molecule has 1 aromatic heterocycles. The number of urea groups is 1. The smallest absolute Gasteiger partial charge is 0.354 e. The number of carboxylic acids is 1. The van der Waals surface area contributed by atoms with Gasteiger partial charge in [0.1, 0.15) is 11.5 Å². The molecule has 0 aliphatic heterocycles. The maximum atomic E-state index is 12.2. The van der Waals surface area contributed by atoms with Gasteiger partial charge in [0.2, 0.25) is 0 Å². The van der Waals surface area contributed by atoms with E-state index in [9.17, 15) is 9.59 Å². The molecular weight excluding hydrogens is 406 g/mol. The number of pyridine rings is 1. The molecule has 0 saturated heterocycles. The Labute approximate surface area is 178 Å². The van der Waals surface area contributed by atoms with E-state index >= 15 is 0 Å². The number of rotatable bonds is 6. The van der Waals surface area contributed by atoms with Gasteiger partial charge in [0.05, 0.1) is 6.04 Å². The van der Waals surface area contributed by atoms with Crippen molar-refractivity contribution < 1.29 is 19.4 Å². The average Bonchev–Trinajstić information content (AvgIpc) is 2.71. The Kier molecular flexibility index (Phi) is 6.54. The summed E-state index contributed by atoms with van der Waals surface area (Å²) in [5.41, 5.74) is 2.32. The molecule has 0 radical (unpaired) electrons. The Morgan fingerprint density at radius 3 is 2.47 bits per heavy atom. The van der Waals surface area contributed by atoms with Crippen LogP contribution >= 0.6 is 11.6 Å². The van der Waals surface area contributed by atoms with Gasteiger partial charge >= 0.3 is 12.0 Å². The van der Waals surface area contributed by atoms with E-state index in [1.165, 1.54) is 12.3 Å². The number of carboxylic acid groups (broad SMARTS) is 1.